The van der Waals surface area contributed by atoms with Crippen molar-refractivity contribution in [2.45, 2.75) is 33.3 Å². The van der Waals surface area contributed by atoms with Gasteiger partial charge in [-0.05, 0) is 73.2 Å². The molecular weight excluding hydrogens is 491 g/mol. The summed E-state index contributed by atoms with van der Waals surface area (Å²) in [6.45, 7) is 2.01. The zero-order chi connectivity index (χ0) is 25.1. The molecule has 0 aliphatic carbocycles. The number of benzene rings is 4. The molecular formula is C29H23FN2O2S2. The summed E-state index contributed by atoms with van der Waals surface area (Å²) in [5.74, 6) is -0.694. The summed E-state index contributed by atoms with van der Waals surface area (Å²) in [7, 11) is 0. The maximum absolute atomic E-state index is 13.9. The van der Waals surface area contributed by atoms with E-state index < -0.39 is 5.82 Å². The van der Waals surface area contributed by atoms with Crippen molar-refractivity contribution in [2.75, 3.05) is 10.2 Å². The molecule has 4 aromatic rings. The number of anilines is 3. The van der Waals surface area contributed by atoms with Gasteiger partial charge in [-0.2, -0.15) is 0 Å². The van der Waals surface area contributed by atoms with Crippen molar-refractivity contribution >= 4 is 52.4 Å². The van der Waals surface area contributed by atoms with Gasteiger partial charge in [0.25, 0.3) is 5.91 Å². The zero-order valence-electron chi connectivity index (χ0n) is 19.5. The quantitative estimate of drug-likeness (QED) is 0.267. The molecule has 0 bridgehead atoms. The minimum atomic E-state index is -0.391. The highest BCUT2D eigenvalue weighted by atomic mass is 32.2. The summed E-state index contributed by atoms with van der Waals surface area (Å²) in [6.07, 6.45) is 0.643. The molecule has 180 valence electrons. The van der Waals surface area contributed by atoms with Gasteiger partial charge < -0.3 is 5.32 Å². The Morgan fingerprint density at radius 3 is 2.17 bits per heavy atom. The van der Waals surface area contributed by atoms with Crippen LogP contribution in [-0.4, -0.2) is 17.1 Å². The molecule has 1 unspecified atom stereocenters. The highest BCUT2D eigenvalue weighted by molar-refractivity contribution is 8.00. The maximum Gasteiger partial charge on any atom is 0.255 e. The molecule has 0 fully saturated rings. The third-order valence-corrected chi connectivity index (χ3v) is 8.25. The fraction of sp³-hybridized carbons (Fsp3) is 0.103. The summed E-state index contributed by atoms with van der Waals surface area (Å²) in [5, 5.41) is 2.53. The van der Waals surface area contributed by atoms with E-state index >= 15 is 0 Å². The van der Waals surface area contributed by atoms with Crippen LogP contribution in [0.4, 0.5) is 21.5 Å². The molecule has 36 heavy (non-hydrogen) atoms. The van der Waals surface area contributed by atoms with Crippen molar-refractivity contribution in [1.82, 2.24) is 0 Å². The van der Waals surface area contributed by atoms with Crippen LogP contribution in [0.1, 0.15) is 23.7 Å². The number of thioether (sulfide) groups is 1. The van der Waals surface area contributed by atoms with E-state index in [0.717, 1.165) is 26.1 Å². The van der Waals surface area contributed by atoms with Crippen molar-refractivity contribution in [2.24, 2.45) is 0 Å². The van der Waals surface area contributed by atoms with E-state index in [-0.39, 0.29) is 17.1 Å². The molecule has 0 radical (unpaired) electrons. The monoisotopic (exact) mass is 514 g/mol. The molecule has 2 amide bonds. The van der Waals surface area contributed by atoms with Gasteiger partial charge in [0.05, 0.1) is 16.6 Å². The molecule has 1 aliphatic rings. The fourth-order valence-corrected chi connectivity index (χ4v) is 6.12. The number of nitrogens with zero attached hydrogens (tertiary/aromatic N) is 1. The molecule has 4 aromatic carbocycles. The number of amides is 2. The molecule has 5 rings (SSSR count). The molecule has 1 heterocycles. The van der Waals surface area contributed by atoms with Crippen LogP contribution >= 0.6 is 23.5 Å². The number of carbonyl (C=O) groups excluding carboxylic acids is 2. The summed E-state index contributed by atoms with van der Waals surface area (Å²) < 4.78 is 13.2. The first-order valence-electron chi connectivity index (χ1n) is 11.6. The Morgan fingerprint density at radius 1 is 0.889 bits per heavy atom. The Bertz CT molecular complexity index is 1380. The molecule has 0 saturated carbocycles. The number of rotatable bonds is 6. The second-order valence-electron chi connectivity index (χ2n) is 8.21. The molecule has 0 spiro atoms. The second kappa shape index (κ2) is 10.6. The van der Waals surface area contributed by atoms with Crippen molar-refractivity contribution < 1.29 is 14.0 Å². The van der Waals surface area contributed by atoms with Crippen molar-refractivity contribution in [3.8, 4) is 0 Å². The lowest BCUT2D eigenvalue weighted by molar-refractivity contribution is -0.117. The van der Waals surface area contributed by atoms with Gasteiger partial charge in [-0.3, -0.25) is 14.5 Å². The standard InChI is InChI=1S/C29H23FN2O2S2/c1-2-25(29(34)32-23-10-3-5-12-26(23)36-27-13-6-4-11-24(27)32)35-22-9-7-8-21(18-22)31-28(33)19-14-16-20(30)17-15-19/h3-18,25H,2H2,1H3,(H,31,33). The SMILES string of the molecule is CCC(Sc1cccc(NC(=O)c2ccc(F)cc2)c1)C(=O)N1c2ccccc2Sc2ccccc21. The summed E-state index contributed by atoms with van der Waals surface area (Å²) >= 11 is 3.15. The van der Waals surface area contributed by atoms with Crippen LogP contribution in [-0.2, 0) is 4.79 Å². The molecule has 0 aromatic heterocycles. The largest absolute Gasteiger partial charge is 0.322 e. The van der Waals surface area contributed by atoms with E-state index in [2.05, 4.69) is 5.32 Å². The van der Waals surface area contributed by atoms with Crippen molar-refractivity contribution in [3.05, 3.63) is 108 Å². The topological polar surface area (TPSA) is 49.4 Å². The molecule has 4 nitrogen and oxygen atoms in total. The maximum atomic E-state index is 13.9. The molecule has 1 N–H and O–H groups in total. The van der Waals surface area contributed by atoms with Crippen LogP contribution in [0.25, 0.3) is 0 Å². The lowest BCUT2D eigenvalue weighted by Crippen LogP contribution is -2.35. The average Bonchev–Trinajstić information content (AvgIpc) is 2.90. The Hall–Kier alpha value is -3.55. The van der Waals surface area contributed by atoms with Gasteiger partial charge in [-0.1, -0.05) is 49.0 Å². The summed E-state index contributed by atoms with van der Waals surface area (Å²) in [4.78, 5) is 31.3. The third kappa shape index (κ3) is 5.03. The van der Waals surface area contributed by atoms with Gasteiger partial charge in [-0.15, -0.1) is 11.8 Å². The van der Waals surface area contributed by atoms with Gasteiger partial charge in [0.15, 0.2) is 0 Å². The zero-order valence-corrected chi connectivity index (χ0v) is 21.1. The first-order valence-corrected chi connectivity index (χ1v) is 13.3. The summed E-state index contributed by atoms with van der Waals surface area (Å²) in [5.41, 5.74) is 2.77. The number of hydrogen-bond donors (Lipinski definition) is 1. The van der Waals surface area contributed by atoms with E-state index in [1.807, 2.05) is 78.6 Å². The van der Waals surface area contributed by atoms with Gasteiger partial charge >= 0.3 is 0 Å². The van der Waals surface area contributed by atoms with Crippen LogP contribution in [0.5, 0.6) is 0 Å². The third-order valence-electron chi connectivity index (χ3n) is 5.78. The Kier molecular flexibility index (Phi) is 7.11. The predicted octanol–water partition coefficient (Wildman–Crippen LogP) is 7.78. The van der Waals surface area contributed by atoms with Gasteiger partial charge in [0.1, 0.15) is 5.82 Å². The number of fused-ring (bicyclic) bond motifs is 2. The second-order valence-corrected chi connectivity index (χ2v) is 10.6. The van der Waals surface area contributed by atoms with Crippen LogP contribution in [0.15, 0.2) is 112 Å². The first-order chi connectivity index (χ1) is 17.5. The summed E-state index contributed by atoms with van der Waals surface area (Å²) in [6, 6.07) is 28.8. The van der Waals surface area contributed by atoms with E-state index in [1.54, 1.807) is 17.8 Å². The van der Waals surface area contributed by atoms with Crippen LogP contribution in [0.2, 0.25) is 0 Å². The molecule has 1 atom stereocenters. The molecule has 1 aliphatic heterocycles. The van der Waals surface area contributed by atoms with Crippen LogP contribution < -0.4 is 10.2 Å². The highest BCUT2D eigenvalue weighted by Crippen LogP contribution is 2.48. The minimum absolute atomic E-state index is 0.0171. The average molecular weight is 515 g/mol. The highest BCUT2D eigenvalue weighted by Gasteiger charge is 2.32. The smallest absolute Gasteiger partial charge is 0.255 e. The van der Waals surface area contributed by atoms with Gasteiger partial charge in [-0.25, -0.2) is 4.39 Å². The minimum Gasteiger partial charge on any atom is -0.322 e. The Balaban J connectivity index is 1.37. The van der Waals surface area contributed by atoms with Gasteiger partial charge in [0, 0.05) is 25.9 Å². The number of halogens is 1. The van der Waals surface area contributed by atoms with Gasteiger partial charge in [0.2, 0.25) is 5.91 Å². The normalized spacial score (nSPS) is 12.9. The van der Waals surface area contributed by atoms with Crippen molar-refractivity contribution in [1.29, 1.82) is 0 Å². The fourth-order valence-electron chi connectivity index (χ4n) is 4.01. The number of hydrogen-bond acceptors (Lipinski definition) is 4. The molecule has 7 heteroatoms. The van der Waals surface area contributed by atoms with Crippen LogP contribution in [0.3, 0.4) is 0 Å². The number of carbonyl (C=O) groups is 2. The van der Waals surface area contributed by atoms with Crippen molar-refractivity contribution in [3.63, 3.8) is 0 Å². The Morgan fingerprint density at radius 2 is 1.53 bits per heavy atom. The molecule has 0 saturated heterocycles. The van der Waals surface area contributed by atoms with E-state index in [4.69, 9.17) is 0 Å². The first kappa shape index (κ1) is 24.2. The van der Waals surface area contributed by atoms with E-state index in [9.17, 15) is 14.0 Å². The predicted molar refractivity (Wildman–Crippen MR) is 145 cm³/mol. The van der Waals surface area contributed by atoms with E-state index in [1.165, 1.54) is 36.0 Å². The lowest BCUT2D eigenvalue weighted by atomic mass is 10.2. The van der Waals surface area contributed by atoms with Crippen LogP contribution in [0, 0.1) is 5.82 Å². The van der Waals surface area contributed by atoms with E-state index in [0.29, 0.717) is 17.7 Å². The lowest BCUT2D eigenvalue weighted by Gasteiger charge is -2.33. The number of para-hydroxylation sites is 2. The number of nitrogens with one attached hydrogen (secondary N) is 1. The Labute approximate surface area is 217 Å².